The van der Waals surface area contributed by atoms with Gasteiger partial charge in [0, 0.05) is 35.6 Å². The fourth-order valence-electron chi connectivity index (χ4n) is 2.89. The van der Waals surface area contributed by atoms with Gasteiger partial charge >= 0.3 is 0 Å². The van der Waals surface area contributed by atoms with Crippen molar-refractivity contribution in [3.05, 3.63) is 0 Å². The van der Waals surface area contributed by atoms with Crippen LogP contribution in [0.4, 0.5) is 0 Å². The highest BCUT2D eigenvalue weighted by Crippen LogP contribution is 2.26. The molecule has 1 heterocycles. The topological polar surface area (TPSA) is 41.5 Å². The molecule has 1 aliphatic carbocycles. The zero-order valence-electron chi connectivity index (χ0n) is 12.6. The van der Waals surface area contributed by atoms with Gasteiger partial charge in [-0.05, 0) is 18.8 Å². The number of hydrogen-bond acceptors (Lipinski definition) is 5. The highest BCUT2D eigenvalue weighted by Gasteiger charge is 2.22. The number of aliphatic hydroxyl groups is 1. The second-order valence-corrected chi connectivity index (χ2v) is 8.57. The summed E-state index contributed by atoms with van der Waals surface area (Å²) >= 11 is 4.10. The molecule has 0 amide bonds. The molecular formula is C15H29NO2S2. The van der Waals surface area contributed by atoms with Crippen molar-refractivity contribution in [1.82, 2.24) is 5.32 Å². The van der Waals surface area contributed by atoms with Crippen molar-refractivity contribution in [3.8, 4) is 0 Å². The minimum absolute atomic E-state index is 0.365. The van der Waals surface area contributed by atoms with Crippen LogP contribution in [-0.2, 0) is 4.74 Å². The molecule has 0 aromatic rings. The van der Waals surface area contributed by atoms with Crippen LogP contribution in [0.15, 0.2) is 0 Å². The summed E-state index contributed by atoms with van der Waals surface area (Å²) in [4.78, 5) is 0. The van der Waals surface area contributed by atoms with E-state index in [4.69, 9.17) is 4.74 Å². The van der Waals surface area contributed by atoms with Gasteiger partial charge in [0.2, 0.25) is 0 Å². The van der Waals surface area contributed by atoms with Crippen molar-refractivity contribution in [2.45, 2.75) is 50.1 Å². The quantitative estimate of drug-likeness (QED) is 0.754. The maximum atomic E-state index is 10.00. The van der Waals surface area contributed by atoms with Gasteiger partial charge in [-0.25, -0.2) is 0 Å². The van der Waals surface area contributed by atoms with Crippen LogP contribution in [0, 0.1) is 5.92 Å². The molecule has 2 N–H and O–H groups in total. The second-order valence-electron chi connectivity index (χ2n) is 6.01. The van der Waals surface area contributed by atoms with Crippen molar-refractivity contribution in [2.24, 2.45) is 5.92 Å². The number of hydrogen-bond donors (Lipinski definition) is 2. The minimum atomic E-state index is -0.370. The normalized spacial score (nSPS) is 33.0. The zero-order valence-corrected chi connectivity index (χ0v) is 14.2. The molecule has 0 aromatic carbocycles. The molecule has 0 bridgehead atoms. The Hall–Kier alpha value is 0.580. The Kier molecular flexibility index (Phi) is 8.10. The Labute approximate surface area is 132 Å². The molecule has 3 nitrogen and oxygen atoms in total. The molecule has 0 radical (unpaired) electrons. The van der Waals surface area contributed by atoms with E-state index in [9.17, 15) is 5.11 Å². The molecule has 0 spiro atoms. The Morgan fingerprint density at radius 1 is 1.30 bits per heavy atom. The summed E-state index contributed by atoms with van der Waals surface area (Å²) in [6, 6.07) is 0. The van der Waals surface area contributed by atoms with Crippen LogP contribution in [0.2, 0.25) is 0 Å². The van der Waals surface area contributed by atoms with Gasteiger partial charge in [-0.2, -0.15) is 23.5 Å². The Bertz CT molecular complexity index is 262. The molecule has 20 heavy (non-hydrogen) atoms. The summed E-state index contributed by atoms with van der Waals surface area (Å²) in [6.45, 7) is 4.42. The fourth-order valence-corrected chi connectivity index (χ4v) is 5.54. The lowest BCUT2D eigenvalue weighted by Crippen LogP contribution is -2.37. The van der Waals surface area contributed by atoms with E-state index in [2.05, 4.69) is 24.0 Å². The smallest absolute Gasteiger partial charge is 0.0897 e. The summed E-state index contributed by atoms with van der Waals surface area (Å²) in [5, 5.41) is 14.1. The molecule has 4 unspecified atom stereocenters. The first-order valence-electron chi connectivity index (χ1n) is 7.95. The zero-order chi connectivity index (χ0) is 14.2. The molecule has 2 aliphatic rings. The Morgan fingerprint density at radius 2 is 2.15 bits per heavy atom. The first-order valence-corrected chi connectivity index (χ1v) is 10.2. The fraction of sp³-hybridized carbons (Fsp3) is 1.00. The molecule has 2 fully saturated rings. The summed E-state index contributed by atoms with van der Waals surface area (Å²) in [5.74, 6) is 4.45. The van der Waals surface area contributed by atoms with Crippen molar-refractivity contribution in [1.29, 1.82) is 0 Å². The molecule has 1 saturated heterocycles. The maximum Gasteiger partial charge on any atom is 0.0897 e. The van der Waals surface area contributed by atoms with Crippen LogP contribution >= 0.6 is 23.5 Å². The van der Waals surface area contributed by atoms with E-state index in [-0.39, 0.29) is 6.10 Å². The highest BCUT2D eigenvalue weighted by molar-refractivity contribution is 8.06. The van der Waals surface area contributed by atoms with E-state index in [0.717, 1.165) is 13.0 Å². The third-order valence-electron chi connectivity index (χ3n) is 4.17. The van der Waals surface area contributed by atoms with E-state index >= 15 is 0 Å². The van der Waals surface area contributed by atoms with Gasteiger partial charge in [0.15, 0.2) is 0 Å². The van der Waals surface area contributed by atoms with Gasteiger partial charge in [-0.3, -0.25) is 0 Å². The van der Waals surface area contributed by atoms with Crippen LogP contribution < -0.4 is 5.32 Å². The first-order chi connectivity index (χ1) is 9.75. The lowest BCUT2D eigenvalue weighted by atomic mass is 9.88. The number of rotatable bonds is 7. The van der Waals surface area contributed by atoms with Gasteiger partial charge in [0.1, 0.15) is 0 Å². The molecular weight excluding hydrogens is 290 g/mol. The van der Waals surface area contributed by atoms with E-state index < -0.39 is 0 Å². The second kappa shape index (κ2) is 9.57. The predicted molar refractivity (Wildman–Crippen MR) is 89.8 cm³/mol. The molecule has 2 rings (SSSR count). The third-order valence-corrected chi connectivity index (χ3v) is 7.02. The standard InChI is InChI=1S/C15H29NO2S2/c1-12-4-2-3-5-15(12)18-10-13(17)8-16-9-14-11-19-6-7-20-14/h12-17H,2-11H2,1H3. The van der Waals surface area contributed by atoms with Crippen LogP contribution in [-0.4, -0.2) is 59.5 Å². The number of thioether (sulfide) groups is 2. The summed E-state index contributed by atoms with van der Waals surface area (Å²) in [5.41, 5.74) is 0. The van der Waals surface area contributed by atoms with E-state index in [1.807, 2.05) is 11.8 Å². The van der Waals surface area contributed by atoms with Gasteiger partial charge in [0.05, 0.1) is 18.8 Å². The summed E-state index contributed by atoms with van der Waals surface area (Å²) < 4.78 is 5.90. The van der Waals surface area contributed by atoms with E-state index in [1.165, 1.54) is 36.5 Å². The van der Waals surface area contributed by atoms with Gasteiger partial charge in [0.25, 0.3) is 0 Å². The SMILES string of the molecule is CC1CCCCC1OCC(O)CNCC1CSCCS1. The molecule has 5 heteroatoms. The molecule has 1 saturated carbocycles. The van der Waals surface area contributed by atoms with E-state index in [0.29, 0.717) is 30.4 Å². The minimum Gasteiger partial charge on any atom is -0.389 e. The van der Waals surface area contributed by atoms with Gasteiger partial charge < -0.3 is 15.2 Å². The molecule has 118 valence electrons. The largest absolute Gasteiger partial charge is 0.389 e. The summed E-state index contributed by atoms with van der Waals surface area (Å²) in [7, 11) is 0. The van der Waals surface area contributed by atoms with E-state index in [1.54, 1.807) is 0 Å². The summed E-state index contributed by atoms with van der Waals surface area (Å²) in [6.07, 6.45) is 5.05. The lowest BCUT2D eigenvalue weighted by molar-refractivity contribution is -0.0450. The van der Waals surface area contributed by atoms with Crippen molar-refractivity contribution in [2.75, 3.05) is 37.0 Å². The predicted octanol–water partition coefficient (Wildman–Crippen LogP) is 2.38. The van der Waals surface area contributed by atoms with Crippen molar-refractivity contribution < 1.29 is 9.84 Å². The number of aliphatic hydroxyl groups excluding tert-OH is 1. The molecule has 0 aromatic heterocycles. The Morgan fingerprint density at radius 3 is 2.90 bits per heavy atom. The van der Waals surface area contributed by atoms with Crippen LogP contribution in [0.1, 0.15) is 32.6 Å². The number of nitrogens with one attached hydrogen (secondary N) is 1. The lowest BCUT2D eigenvalue weighted by Gasteiger charge is -2.29. The van der Waals surface area contributed by atoms with Crippen LogP contribution in [0.3, 0.4) is 0 Å². The van der Waals surface area contributed by atoms with Gasteiger partial charge in [-0.1, -0.05) is 19.8 Å². The first kappa shape index (κ1) is 16.9. The van der Waals surface area contributed by atoms with Gasteiger partial charge in [-0.15, -0.1) is 0 Å². The Balaban J connectivity index is 1.52. The van der Waals surface area contributed by atoms with Crippen molar-refractivity contribution in [3.63, 3.8) is 0 Å². The monoisotopic (exact) mass is 319 g/mol. The average molecular weight is 320 g/mol. The van der Waals surface area contributed by atoms with Crippen LogP contribution in [0.25, 0.3) is 0 Å². The molecule has 4 atom stereocenters. The van der Waals surface area contributed by atoms with Crippen LogP contribution in [0.5, 0.6) is 0 Å². The third kappa shape index (κ3) is 6.14. The van der Waals surface area contributed by atoms with Crippen molar-refractivity contribution >= 4 is 23.5 Å². The molecule has 1 aliphatic heterocycles. The average Bonchev–Trinajstić information content (AvgIpc) is 2.47. The highest BCUT2D eigenvalue weighted by atomic mass is 32.2. The maximum absolute atomic E-state index is 10.00. The number of ether oxygens (including phenoxy) is 1.